The quantitative estimate of drug-likeness (QED) is 0.382. The van der Waals surface area contributed by atoms with E-state index in [4.69, 9.17) is 9.47 Å². The Morgan fingerprint density at radius 3 is 1.50 bits per heavy atom. The molecule has 0 amide bonds. The van der Waals surface area contributed by atoms with Crippen molar-refractivity contribution < 1.29 is 19.7 Å². The first-order valence-corrected chi connectivity index (χ1v) is 3.38. The molecule has 2 rings (SSSR count). The second-order valence-corrected chi connectivity index (χ2v) is 2.72. The van der Waals surface area contributed by atoms with Crippen molar-refractivity contribution in [2.45, 2.75) is 24.4 Å². The third-order valence-electron chi connectivity index (χ3n) is 1.83. The Balaban J connectivity index is 1.83. The van der Waals surface area contributed by atoms with Gasteiger partial charge in [-0.15, -0.1) is 0 Å². The average molecular weight is 152 g/mol. The molecule has 2 N–H and O–H groups in total. The van der Waals surface area contributed by atoms with Gasteiger partial charge in [0.25, 0.3) is 0 Å². The molecule has 0 saturated carbocycles. The minimum Gasteiger partial charge on any atom is -0.388 e. The number of hydrogen-bond donors (Lipinski definition) is 2. The van der Waals surface area contributed by atoms with Crippen molar-refractivity contribution in [2.75, 3.05) is 13.2 Å². The molecule has 0 spiro atoms. The summed E-state index contributed by atoms with van der Waals surface area (Å²) in [6.07, 6.45) is -1.82. The zero-order valence-electron chi connectivity index (χ0n) is 5.43. The number of hydrogen-bond acceptors (Lipinski definition) is 4. The molecule has 2 aliphatic rings. The second kappa shape index (κ2) is 2.17. The van der Waals surface area contributed by atoms with Gasteiger partial charge in [0.1, 0.15) is 24.4 Å². The van der Waals surface area contributed by atoms with Gasteiger partial charge in [0, 0.05) is 0 Å². The topological polar surface area (TPSA) is 65.5 Å². The monoisotopic (exact) mass is 152 g/mol. The van der Waals surface area contributed by atoms with Gasteiger partial charge in [-0.3, -0.25) is 0 Å². The Morgan fingerprint density at radius 1 is 1.00 bits per heavy atom. The molecule has 2 fully saturated rings. The predicted molar refractivity (Wildman–Crippen MR) is 31.5 cm³/mol. The Hall–Kier alpha value is -0.160. The molecule has 0 unspecified atom stereocenters. The van der Waals surface area contributed by atoms with Gasteiger partial charge in [-0.05, 0) is 0 Å². The van der Waals surface area contributed by atoms with Gasteiger partial charge in [-0.2, -0.15) is 0 Å². The third kappa shape index (κ3) is 1.15. The fourth-order valence-corrected chi connectivity index (χ4v) is 0.945. The summed E-state index contributed by atoms with van der Waals surface area (Å²) < 4.78 is 9.61. The largest absolute Gasteiger partial charge is 0.388 e. The fourth-order valence-electron chi connectivity index (χ4n) is 0.945. The highest BCUT2D eigenvalue weighted by molar-refractivity contribution is 4.91. The van der Waals surface area contributed by atoms with E-state index in [1.165, 1.54) is 0 Å². The summed E-state index contributed by atoms with van der Waals surface area (Å²) in [5.41, 5.74) is 0. The van der Waals surface area contributed by atoms with Crippen LogP contribution in [0.2, 0.25) is 0 Å². The first-order valence-electron chi connectivity index (χ1n) is 3.38. The van der Waals surface area contributed by atoms with Crippen LogP contribution in [0.25, 0.3) is 0 Å². The highest BCUT2D eigenvalue weighted by Gasteiger charge is 2.43. The Bertz CT molecular complexity index is 114. The van der Waals surface area contributed by atoms with E-state index in [1.54, 1.807) is 0 Å². The predicted octanol–water partition coefficient (Wildman–Crippen LogP) is -1.49. The molecule has 0 aromatic carbocycles. The maximum absolute atomic E-state index is 9.21. The van der Waals surface area contributed by atoms with Crippen LogP contribution in [-0.2, 0) is 9.47 Å². The molecule has 0 aliphatic carbocycles. The van der Waals surface area contributed by atoms with Crippen LogP contribution in [0.1, 0.15) is 0 Å². The van der Waals surface area contributed by atoms with Gasteiger partial charge >= 0.3 is 0 Å². The summed E-state index contributed by atoms with van der Waals surface area (Å²) in [5.74, 6) is 0. The molecule has 4 atom stereocenters. The van der Waals surface area contributed by atoms with Crippen molar-refractivity contribution in [1.29, 1.82) is 0 Å². The van der Waals surface area contributed by atoms with E-state index in [0.29, 0.717) is 13.2 Å². The van der Waals surface area contributed by atoms with Gasteiger partial charge in [-0.25, -0.2) is 0 Å². The molecule has 10 heavy (non-hydrogen) atoms. The molecule has 58 valence electrons. The third-order valence-corrected chi connectivity index (χ3v) is 1.83. The van der Waals surface area contributed by atoms with Gasteiger partial charge in [0.05, 0.1) is 13.2 Å². The van der Waals surface area contributed by atoms with Gasteiger partial charge < -0.3 is 19.7 Å². The van der Waals surface area contributed by atoms with Crippen LogP contribution in [0.3, 0.4) is 0 Å². The number of rotatable bonds is 3. The Kier molecular flexibility index (Phi) is 1.42. The van der Waals surface area contributed by atoms with Crippen LogP contribution in [0, 0.1) is 0 Å². The first-order chi connectivity index (χ1) is 4.79. The molecule has 0 aromatic rings. The van der Waals surface area contributed by atoms with Crippen LogP contribution >= 0.6 is 0 Å². The highest BCUT2D eigenvalue weighted by atomic mass is 16.8. The van der Waals surface area contributed by atoms with Crippen LogP contribution in [-0.4, -0.2) is 47.8 Å². The molecule has 4 nitrogen and oxygen atoms in total. The van der Waals surface area contributed by atoms with Crippen molar-refractivity contribution in [3.63, 3.8) is 0 Å². The first kappa shape index (κ1) is 6.54. The van der Waals surface area contributed by atoms with E-state index in [-0.39, 0.29) is 12.2 Å². The summed E-state index contributed by atoms with van der Waals surface area (Å²) in [6.45, 7) is 1.12. The normalized spacial score (nSPS) is 42.6. The van der Waals surface area contributed by atoms with Crippen LogP contribution in [0.4, 0.5) is 0 Å². The summed E-state index contributed by atoms with van der Waals surface area (Å²) in [6, 6.07) is 0. The molecular weight excluding hydrogens is 142 g/mol. The lowest BCUT2D eigenvalue weighted by Crippen LogP contribution is -2.35. The van der Waals surface area contributed by atoms with Crippen LogP contribution in [0.15, 0.2) is 0 Å². The van der Waals surface area contributed by atoms with Crippen molar-refractivity contribution in [3.05, 3.63) is 0 Å². The molecular formula is C6H10O4. The Morgan fingerprint density at radius 2 is 1.30 bits per heavy atom. The van der Waals surface area contributed by atoms with Crippen molar-refractivity contribution >= 4 is 0 Å². The number of epoxide rings is 2. The minimum atomic E-state index is -0.757. The number of ether oxygens (including phenoxy) is 2. The van der Waals surface area contributed by atoms with E-state index in [1.807, 2.05) is 0 Å². The SMILES string of the molecule is O[13C@H]([13C@H](O)[13C@@H]1[13CH2]O1)[13C@H]1[13CH2]O1. The maximum Gasteiger partial charge on any atom is 0.111 e. The van der Waals surface area contributed by atoms with E-state index < -0.39 is 12.2 Å². The van der Waals surface area contributed by atoms with Crippen molar-refractivity contribution in [1.82, 2.24) is 0 Å². The summed E-state index contributed by atoms with van der Waals surface area (Å²) >= 11 is 0. The molecule has 0 radical (unpaired) electrons. The minimum absolute atomic E-state index is 0.154. The molecule has 0 aromatic heterocycles. The average Bonchev–Trinajstić information content (AvgIpc) is 2.73. The van der Waals surface area contributed by atoms with Gasteiger partial charge in [0.2, 0.25) is 0 Å². The zero-order valence-corrected chi connectivity index (χ0v) is 5.43. The van der Waals surface area contributed by atoms with Crippen LogP contribution < -0.4 is 0 Å². The zero-order chi connectivity index (χ0) is 7.14. The van der Waals surface area contributed by atoms with Crippen molar-refractivity contribution in [2.24, 2.45) is 0 Å². The van der Waals surface area contributed by atoms with Gasteiger partial charge in [0.15, 0.2) is 0 Å². The summed E-state index contributed by atoms with van der Waals surface area (Å²) in [7, 11) is 0. The molecule has 4 heteroatoms. The maximum atomic E-state index is 9.21. The summed E-state index contributed by atoms with van der Waals surface area (Å²) in [5, 5.41) is 18.4. The van der Waals surface area contributed by atoms with Crippen LogP contribution in [0.5, 0.6) is 0 Å². The summed E-state index contributed by atoms with van der Waals surface area (Å²) in [4.78, 5) is 0. The lowest BCUT2D eigenvalue weighted by molar-refractivity contribution is -0.0116. The molecule has 2 saturated heterocycles. The number of aliphatic hydroxyl groups is 2. The van der Waals surface area contributed by atoms with Crippen molar-refractivity contribution in [3.8, 4) is 0 Å². The Labute approximate surface area is 58.4 Å². The van der Waals surface area contributed by atoms with E-state index in [0.717, 1.165) is 0 Å². The fraction of sp³-hybridized carbons (Fsp3) is 1.00. The number of aliphatic hydroxyl groups excluding tert-OH is 2. The lowest BCUT2D eigenvalue weighted by Gasteiger charge is -2.12. The molecule has 0 bridgehead atoms. The van der Waals surface area contributed by atoms with E-state index in [2.05, 4.69) is 0 Å². The van der Waals surface area contributed by atoms with E-state index >= 15 is 0 Å². The van der Waals surface area contributed by atoms with Gasteiger partial charge in [-0.1, -0.05) is 0 Å². The second-order valence-electron chi connectivity index (χ2n) is 2.72. The standard InChI is InChI=1S/C6H10O4/c7-5(3-1-9-3)6(8)4-2-10-4/h3-8H,1-2H2/t3-,4+,5+,6-/i1+1,2+1,3+1,4+1,5+1,6+1. The lowest BCUT2D eigenvalue weighted by atomic mass is 11.1. The molecule has 2 heterocycles. The molecule has 2 aliphatic heterocycles. The smallest absolute Gasteiger partial charge is 0.111 e. The highest BCUT2D eigenvalue weighted by Crippen LogP contribution is 2.23. The van der Waals surface area contributed by atoms with E-state index in [9.17, 15) is 10.2 Å².